The smallest absolute Gasteiger partial charge is 0.137 e. The van der Waals surface area contributed by atoms with Gasteiger partial charge in [0.25, 0.3) is 0 Å². The van der Waals surface area contributed by atoms with E-state index >= 15 is 0 Å². The van der Waals surface area contributed by atoms with Crippen molar-refractivity contribution in [1.82, 2.24) is 0 Å². The Morgan fingerprint density at radius 1 is 1.40 bits per heavy atom. The molecule has 2 rings (SSSR count). The first-order valence-corrected chi connectivity index (χ1v) is 5.41. The van der Waals surface area contributed by atoms with Gasteiger partial charge in [0, 0.05) is 5.54 Å². The van der Waals surface area contributed by atoms with E-state index in [1.165, 1.54) is 0 Å². The quantitative estimate of drug-likeness (QED) is 0.840. The Morgan fingerprint density at radius 2 is 2.00 bits per heavy atom. The van der Waals surface area contributed by atoms with Gasteiger partial charge in [-0.1, -0.05) is 31.5 Å². The number of halogens is 1. The fourth-order valence-corrected chi connectivity index (χ4v) is 2.28. The minimum absolute atomic E-state index is 0.172. The molecule has 1 aromatic carbocycles. The fourth-order valence-electron chi connectivity index (χ4n) is 2.08. The summed E-state index contributed by atoms with van der Waals surface area (Å²) in [6.45, 7) is 4.35. The van der Waals surface area contributed by atoms with Crippen molar-refractivity contribution in [3.63, 3.8) is 0 Å². The Bertz CT molecular complexity index is 403. The minimum atomic E-state index is -0.217. The first-order valence-electron chi connectivity index (χ1n) is 5.04. The Hall–Kier alpha value is -0.730. The molecule has 15 heavy (non-hydrogen) atoms. The summed E-state index contributed by atoms with van der Waals surface area (Å²) >= 11 is 5.97. The van der Waals surface area contributed by atoms with Crippen LogP contribution in [-0.2, 0) is 5.54 Å². The zero-order valence-corrected chi connectivity index (χ0v) is 10.1. The SMILES string of the molecule is COc1cc(C2(N)CC2(C)C)ccc1Cl. The third-order valence-corrected chi connectivity index (χ3v) is 3.78. The summed E-state index contributed by atoms with van der Waals surface area (Å²) in [4.78, 5) is 0. The first-order chi connectivity index (χ1) is 6.90. The number of rotatable bonds is 2. The highest BCUT2D eigenvalue weighted by Crippen LogP contribution is 2.60. The van der Waals surface area contributed by atoms with Crippen LogP contribution in [0, 0.1) is 5.41 Å². The van der Waals surface area contributed by atoms with Crippen molar-refractivity contribution in [2.24, 2.45) is 11.1 Å². The van der Waals surface area contributed by atoms with Gasteiger partial charge in [-0.25, -0.2) is 0 Å². The standard InChI is InChI=1S/C12H16ClNO/c1-11(2)7-12(11,14)8-4-5-9(13)10(6-8)15-3/h4-6H,7,14H2,1-3H3. The van der Waals surface area contributed by atoms with Crippen molar-refractivity contribution in [2.45, 2.75) is 25.8 Å². The van der Waals surface area contributed by atoms with Crippen LogP contribution in [-0.4, -0.2) is 7.11 Å². The Labute approximate surface area is 95.4 Å². The summed E-state index contributed by atoms with van der Waals surface area (Å²) in [5.74, 6) is 0.696. The van der Waals surface area contributed by atoms with Crippen LogP contribution < -0.4 is 10.5 Å². The Balaban J connectivity index is 2.40. The number of hydrogen-bond acceptors (Lipinski definition) is 2. The molecule has 1 aliphatic rings. The van der Waals surface area contributed by atoms with E-state index < -0.39 is 0 Å². The highest BCUT2D eigenvalue weighted by atomic mass is 35.5. The molecule has 0 bridgehead atoms. The molecule has 0 heterocycles. The Morgan fingerprint density at radius 3 is 2.47 bits per heavy atom. The molecule has 1 fully saturated rings. The van der Waals surface area contributed by atoms with Crippen molar-refractivity contribution in [1.29, 1.82) is 0 Å². The van der Waals surface area contributed by atoms with Crippen LogP contribution in [0.2, 0.25) is 5.02 Å². The van der Waals surface area contributed by atoms with E-state index in [9.17, 15) is 0 Å². The van der Waals surface area contributed by atoms with Gasteiger partial charge >= 0.3 is 0 Å². The van der Waals surface area contributed by atoms with Gasteiger partial charge in [-0.15, -0.1) is 0 Å². The van der Waals surface area contributed by atoms with Crippen LogP contribution in [0.15, 0.2) is 18.2 Å². The lowest BCUT2D eigenvalue weighted by Gasteiger charge is -2.16. The lowest BCUT2D eigenvalue weighted by molar-refractivity contribution is 0.412. The predicted molar refractivity (Wildman–Crippen MR) is 62.3 cm³/mol. The van der Waals surface area contributed by atoms with Gasteiger partial charge in [-0.05, 0) is 29.5 Å². The monoisotopic (exact) mass is 225 g/mol. The van der Waals surface area contributed by atoms with Gasteiger partial charge in [0.15, 0.2) is 0 Å². The highest BCUT2D eigenvalue weighted by molar-refractivity contribution is 6.32. The van der Waals surface area contributed by atoms with Crippen molar-refractivity contribution < 1.29 is 4.74 Å². The van der Waals surface area contributed by atoms with Crippen LogP contribution in [0.25, 0.3) is 0 Å². The fraction of sp³-hybridized carbons (Fsp3) is 0.500. The lowest BCUT2D eigenvalue weighted by atomic mass is 9.97. The molecular formula is C12H16ClNO. The molecule has 0 radical (unpaired) electrons. The third-order valence-electron chi connectivity index (χ3n) is 3.47. The molecule has 2 N–H and O–H groups in total. The molecule has 0 aromatic heterocycles. The second-order valence-electron chi connectivity index (χ2n) is 4.88. The molecule has 82 valence electrons. The molecule has 3 heteroatoms. The van der Waals surface area contributed by atoms with Gasteiger partial charge in [-0.3, -0.25) is 0 Å². The number of benzene rings is 1. The minimum Gasteiger partial charge on any atom is -0.495 e. The zero-order chi connectivity index (χ0) is 11.3. The lowest BCUT2D eigenvalue weighted by Crippen LogP contribution is -2.25. The van der Waals surface area contributed by atoms with Crippen molar-refractivity contribution in [3.8, 4) is 5.75 Å². The molecule has 1 saturated carbocycles. The average Bonchev–Trinajstić information content (AvgIpc) is 2.68. The summed E-state index contributed by atoms with van der Waals surface area (Å²) < 4.78 is 5.19. The van der Waals surface area contributed by atoms with Crippen molar-refractivity contribution >= 4 is 11.6 Å². The second kappa shape index (κ2) is 3.13. The van der Waals surface area contributed by atoms with Gasteiger partial charge in [-0.2, -0.15) is 0 Å². The molecular weight excluding hydrogens is 210 g/mol. The maximum atomic E-state index is 6.32. The van der Waals surface area contributed by atoms with Gasteiger partial charge < -0.3 is 10.5 Å². The van der Waals surface area contributed by atoms with E-state index in [1.807, 2.05) is 18.2 Å². The van der Waals surface area contributed by atoms with Crippen molar-refractivity contribution in [3.05, 3.63) is 28.8 Å². The molecule has 2 nitrogen and oxygen atoms in total. The summed E-state index contributed by atoms with van der Waals surface area (Å²) in [5.41, 5.74) is 7.38. The summed E-state index contributed by atoms with van der Waals surface area (Å²) in [7, 11) is 1.62. The second-order valence-corrected chi connectivity index (χ2v) is 5.29. The number of methoxy groups -OCH3 is 1. The first kappa shape index (κ1) is 10.8. The molecule has 0 saturated heterocycles. The molecule has 1 aliphatic carbocycles. The zero-order valence-electron chi connectivity index (χ0n) is 9.30. The third kappa shape index (κ3) is 1.52. The number of hydrogen-bond donors (Lipinski definition) is 1. The Kier molecular flexibility index (Phi) is 2.25. The molecule has 0 amide bonds. The van der Waals surface area contributed by atoms with E-state index in [1.54, 1.807) is 7.11 Å². The average molecular weight is 226 g/mol. The number of nitrogens with two attached hydrogens (primary N) is 1. The molecule has 1 aromatic rings. The topological polar surface area (TPSA) is 35.2 Å². The van der Waals surface area contributed by atoms with Gasteiger partial charge in [0.1, 0.15) is 5.75 Å². The van der Waals surface area contributed by atoms with Crippen molar-refractivity contribution in [2.75, 3.05) is 7.11 Å². The molecule has 0 aliphatic heterocycles. The summed E-state index contributed by atoms with van der Waals surface area (Å²) in [6.07, 6.45) is 1.00. The summed E-state index contributed by atoms with van der Waals surface area (Å²) in [5, 5.41) is 0.628. The molecule has 0 spiro atoms. The van der Waals surface area contributed by atoms with E-state index in [4.69, 9.17) is 22.1 Å². The predicted octanol–water partition coefficient (Wildman–Crippen LogP) is 2.93. The maximum Gasteiger partial charge on any atom is 0.137 e. The van der Waals surface area contributed by atoms with Crippen LogP contribution in [0.5, 0.6) is 5.75 Å². The molecule has 1 unspecified atom stereocenters. The van der Waals surface area contributed by atoms with E-state index in [0.29, 0.717) is 10.8 Å². The van der Waals surface area contributed by atoms with E-state index in [0.717, 1.165) is 12.0 Å². The van der Waals surface area contributed by atoms with Gasteiger partial charge in [0.05, 0.1) is 12.1 Å². The maximum absolute atomic E-state index is 6.32. The van der Waals surface area contributed by atoms with Crippen LogP contribution in [0.4, 0.5) is 0 Å². The largest absolute Gasteiger partial charge is 0.495 e. The van der Waals surface area contributed by atoms with Crippen LogP contribution in [0.3, 0.4) is 0 Å². The molecule has 1 atom stereocenters. The van der Waals surface area contributed by atoms with Crippen LogP contribution in [0.1, 0.15) is 25.8 Å². The van der Waals surface area contributed by atoms with Gasteiger partial charge in [0.2, 0.25) is 0 Å². The van der Waals surface area contributed by atoms with E-state index in [2.05, 4.69) is 13.8 Å². The highest BCUT2D eigenvalue weighted by Gasteiger charge is 2.59. The summed E-state index contributed by atoms with van der Waals surface area (Å²) in [6, 6.07) is 5.77. The normalized spacial score (nSPS) is 27.5. The number of ether oxygens (including phenoxy) is 1. The van der Waals surface area contributed by atoms with Crippen LogP contribution >= 0.6 is 11.6 Å². The van der Waals surface area contributed by atoms with E-state index in [-0.39, 0.29) is 11.0 Å².